The molecule has 1 aromatic heterocycles. The molecule has 1 saturated heterocycles. The molecule has 12 nitrogen and oxygen atoms in total. The van der Waals surface area contributed by atoms with Gasteiger partial charge in [0.15, 0.2) is 5.60 Å². The van der Waals surface area contributed by atoms with Gasteiger partial charge in [0.25, 0.3) is 5.91 Å². The minimum atomic E-state index is -1.86. The average Bonchev–Trinajstić information content (AvgIpc) is 3.66. The molecule has 0 aliphatic carbocycles. The fraction of sp³-hybridized carbons (Fsp3) is 0.472. The second kappa shape index (κ2) is 16.1. The van der Waals surface area contributed by atoms with Crippen LogP contribution in [-0.2, 0) is 31.3 Å². The molecule has 4 N–H and O–H groups in total. The predicted octanol–water partition coefficient (Wildman–Crippen LogP) is 3.50. The summed E-state index contributed by atoms with van der Waals surface area (Å²) in [5, 5.41) is 36.9. The number of nitrogens with zero attached hydrogens (tertiary/aromatic N) is 4. The summed E-state index contributed by atoms with van der Waals surface area (Å²) in [5.41, 5.74) is 1.34. The number of aryl methyl sites for hydroxylation is 1. The fourth-order valence-corrected chi connectivity index (χ4v) is 6.49. The highest BCUT2D eigenvalue weighted by atomic mass is 16.5. The summed E-state index contributed by atoms with van der Waals surface area (Å²) in [5.74, 6) is -1.85. The smallest absolute Gasteiger partial charge is 0.305 e. The lowest BCUT2D eigenvalue weighted by Crippen LogP contribution is -2.44. The second-order valence-corrected chi connectivity index (χ2v) is 12.6. The quantitative estimate of drug-likeness (QED) is 0.109. The zero-order valence-electron chi connectivity index (χ0n) is 27.7. The van der Waals surface area contributed by atoms with Crippen molar-refractivity contribution in [2.24, 2.45) is 11.8 Å². The number of amides is 2. The van der Waals surface area contributed by atoms with Gasteiger partial charge in [-0.1, -0.05) is 54.6 Å². The first kappa shape index (κ1) is 34.9. The molecule has 3 heterocycles. The third-order valence-corrected chi connectivity index (χ3v) is 9.35. The molecule has 0 radical (unpaired) electrons. The van der Waals surface area contributed by atoms with Crippen molar-refractivity contribution in [3.63, 3.8) is 0 Å². The number of aliphatic hydroxyl groups is 2. The maximum absolute atomic E-state index is 14.0. The number of piperidine rings is 1. The van der Waals surface area contributed by atoms with E-state index < -0.39 is 17.4 Å². The molecule has 2 amide bonds. The molecular formula is C36H46N6O6. The minimum absolute atomic E-state index is 0.0836. The SMILES string of the molecule is COC(=O)CCCCN1C(=O)[C@](O)([C@H](C)/C=C/CCn2cc(C(CO)c3ccccc3)nn2)c2cc(NC(=O)C3CCCNC3)ccc21. The summed E-state index contributed by atoms with van der Waals surface area (Å²) >= 11 is 0. The lowest BCUT2D eigenvalue weighted by atomic mass is 9.82. The third-order valence-electron chi connectivity index (χ3n) is 9.35. The van der Waals surface area contributed by atoms with Gasteiger partial charge < -0.3 is 30.5 Å². The van der Waals surface area contributed by atoms with Gasteiger partial charge in [-0.05, 0) is 62.4 Å². The Morgan fingerprint density at radius 2 is 2.00 bits per heavy atom. The van der Waals surface area contributed by atoms with Crippen molar-refractivity contribution in [1.82, 2.24) is 20.3 Å². The van der Waals surface area contributed by atoms with Crippen LogP contribution in [0.15, 0.2) is 66.9 Å². The number of esters is 1. The Kier molecular flexibility index (Phi) is 11.7. The Bertz CT molecular complexity index is 1590. The monoisotopic (exact) mass is 658 g/mol. The normalized spacial score (nSPS) is 20.5. The van der Waals surface area contributed by atoms with Crippen LogP contribution in [0.25, 0.3) is 0 Å². The van der Waals surface area contributed by atoms with E-state index in [-0.39, 0.29) is 36.7 Å². The summed E-state index contributed by atoms with van der Waals surface area (Å²) in [6, 6.07) is 14.9. The van der Waals surface area contributed by atoms with E-state index in [0.29, 0.717) is 61.5 Å². The Hall–Kier alpha value is -4.39. The van der Waals surface area contributed by atoms with E-state index in [1.165, 1.54) is 7.11 Å². The molecule has 2 aromatic carbocycles. The van der Waals surface area contributed by atoms with Crippen molar-refractivity contribution in [2.45, 2.75) is 63.5 Å². The van der Waals surface area contributed by atoms with E-state index in [0.717, 1.165) is 24.9 Å². The van der Waals surface area contributed by atoms with Gasteiger partial charge in [0.1, 0.15) is 0 Å². The Morgan fingerprint density at radius 3 is 2.73 bits per heavy atom. The highest BCUT2D eigenvalue weighted by Crippen LogP contribution is 2.46. The lowest BCUT2D eigenvalue weighted by molar-refractivity contribution is -0.140. The number of fused-ring (bicyclic) bond motifs is 1. The number of allylic oxidation sites excluding steroid dienone is 1. The first-order chi connectivity index (χ1) is 23.3. The van der Waals surface area contributed by atoms with E-state index in [1.807, 2.05) is 48.7 Å². The summed E-state index contributed by atoms with van der Waals surface area (Å²) in [4.78, 5) is 40.2. The van der Waals surface area contributed by atoms with Gasteiger partial charge in [-0.25, -0.2) is 0 Å². The van der Waals surface area contributed by atoms with Crippen molar-refractivity contribution >= 4 is 29.2 Å². The van der Waals surface area contributed by atoms with Gasteiger partial charge in [0.05, 0.1) is 36.9 Å². The number of methoxy groups -OCH3 is 1. The van der Waals surface area contributed by atoms with E-state index in [4.69, 9.17) is 4.74 Å². The highest BCUT2D eigenvalue weighted by molar-refractivity contribution is 6.08. The first-order valence-electron chi connectivity index (χ1n) is 16.8. The number of nitrogens with one attached hydrogen (secondary N) is 2. The number of unbranched alkanes of at least 4 members (excludes halogenated alkanes) is 1. The van der Waals surface area contributed by atoms with E-state index in [1.54, 1.807) is 34.7 Å². The van der Waals surface area contributed by atoms with Crippen molar-refractivity contribution in [1.29, 1.82) is 0 Å². The molecule has 2 aliphatic rings. The molecule has 48 heavy (non-hydrogen) atoms. The average molecular weight is 659 g/mol. The number of hydrogen-bond donors (Lipinski definition) is 4. The number of aliphatic hydroxyl groups excluding tert-OH is 1. The summed E-state index contributed by atoms with van der Waals surface area (Å²) in [7, 11) is 1.35. The van der Waals surface area contributed by atoms with Crippen LogP contribution in [0.1, 0.15) is 68.2 Å². The van der Waals surface area contributed by atoms with E-state index >= 15 is 0 Å². The molecule has 2 unspecified atom stereocenters. The van der Waals surface area contributed by atoms with Crippen LogP contribution >= 0.6 is 0 Å². The van der Waals surface area contributed by atoms with Crippen LogP contribution in [0.2, 0.25) is 0 Å². The molecule has 0 spiro atoms. The van der Waals surface area contributed by atoms with Gasteiger partial charge in [0, 0.05) is 49.4 Å². The van der Waals surface area contributed by atoms with Gasteiger partial charge in [0.2, 0.25) is 5.91 Å². The van der Waals surface area contributed by atoms with Crippen LogP contribution in [0.5, 0.6) is 0 Å². The standard InChI is InChI=1S/C36H46N6O6/c1-25(11-6-8-19-41-23-31(39-40-41)29(24-43)26-12-4-3-5-13-26)36(47)30-21-28(38-34(45)27-14-10-18-37-22-27)16-17-32(30)42(35(36)46)20-9-7-15-33(44)48-2/h3-6,11-13,16-17,21,23,25,27,29,37,43,47H,7-10,14-15,18-20,22,24H2,1-2H3,(H,38,45)/b11-6+/t25-,27?,29?,36+/m1/s1. The minimum Gasteiger partial charge on any atom is -0.469 e. The van der Waals surface area contributed by atoms with Crippen LogP contribution in [0.4, 0.5) is 11.4 Å². The zero-order valence-corrected chi connectivity index (χ0v) is 27.7. The molecule has 0 saturated carbocycles. The van der Waals surface area contributed by atoms with E-state index in [9.17, 15) is 24.6 Å². The van der Waals surface area contributed by atoms with Crippen molar-refractivity contribution in [3.8, 4) is 0 Å². The molecule has 3 aromatic rings. The number of benzene rings is 2. The molecule has 0 bridgehead atoms. The molecular weight excluding hydrogens is 612 g/mol. The summed E-state index contributed by atoms with van der Waals surface area (Å²) in [6.45, 7) is 4.08. The topological polar surface area (TPSA) is 159 Å². The Balaban J connectivity index is 1.29. The maximum Gasteiger partial charge on any atom is 0.305 e. The van der Waals surface area contributed by atoms with Gasteiger partial charge in [-0.15, -0.1) is 5.10 Å². The lowest BCUT2D eigenvalue weighted by Gasteiger charge is -2.28. The number of rotatable bonds is 15. The van der Waals surface area contributed by atoms with Gasteiger partial charge in [-0.2, -0.15) is 0 Å². The molecule has 4 atom stereocenters. The number of carbonyl (C=O) groups is 3. The Labute approximate surface area is 281 Å². The molecule has 5 rings (SSSR count). The third kappa shape index (κ3) is 7.83. The molecule has 1 fully saturated rings. The molecule has 256 valence electrons. The first-order valence-corrected chi connectivity index (χ1v) is 16.8. The summed E-state index contributed by atoms with van der Waals surface area (Å²) < 4.78 is 6.45. The van der Waals surface area contributed by atoms with Gasteiger partial charge in [-0.3, -0.25) is 19.1 Å². The van der Waals surface area contributed by atoms with Crippen molar-refractivity contribution < 1.29 is 29.3 Å². The highest BCUT2D eigenvalue weighted by Gasteiger charge is 2.52. The number of ether oxygens (including phenoxy) is 1. The van der Waals surface area contributed by atoms with Crippen LogP contribution < -0.4 is 15.5 Å². The van der Waals surface area contributed by atoms with Crippen molar-refractivity contribution in [2.75, 3.05) is 43.6 Å². The predicted molar refractivity (Wildman–Crippen MR) is 181 cm³/mol. The van der Waals surface area contributed by atoms with Crippen LogP contribution in [-0.4, -0.2) is 76.3 Å². The number of carbonyl (C=O) groups excluding carboxylic acids is 3. The largest absolute Gasteiger partial charge is 0.469 e. The van der Waals surface area contributed by atoms with Gasteiger partial charge >= 0.3 is 5.97 Å². The summed E-state index contributed by atoms with van der Waals surface area (Å²) in [6.07, 6.45) is 9.22. The molecule has 12 heteroatoms. The van der Waals surface area contributed by atoms with Crippen LogP contribution in [0.3, 0.4) is 0 Å². The maximum atomic E-state index is 14.0. The zero-order chi connectivity index (χ0) is 34.1. The number of anilines is 2. The fourth-order valence-electron chi connectivity index (χ4n) is 6.49. The van der Waals surface area contributed by atoms with E-state index in [2.05, 4.69) is 20.9 Å². The van der Waals surface area contributed by atoms with Crippen molar-refractivity contribution in [3.05, 3.63) is 83.7 Å². The number of hydrogen-bond acceptors (Lipinski definition) is 9. The Morgan fingerprint density at radius 1 is 1.19 bits per heavy atom. The number of aromatic nitrogens is 3. The van der Waals surface area contributed by atoms with Crippen LogP contribution in [0, 0.1) is 11.8 Å². The molecule has 2 aliphatic heterocycles. The second-order valence-electron chi connectivity index (χ2n) is 12.6.